The van der Waals surface area contributed by atoms with E-state index in [1.807, 2.05) is 29.2 Å². The van der Waals surface area contributed by atoms with Crippen molar-refractivity contribution in [2.75, 3.05) is 31.1 Å². The summed E-state index contributed by atoms with van der Waals surface area (Å²) in [5.41, 5.74) is 0.651. The lowest BCUT2D eigenvalue weighted by Gasteiger charge is -2.35. The fraction of sp³-hybridized carbons (Fsp3) is 0.171. The van der Waals surface area contributed by atoms with Gasteiger partial charge in [0.1, 0.15) is 30.0 Å². The molecule has 1 aliphatic heterocycles. The molecule has 0 radical (unpaired) electrons. The summed E-state index contributed by atoms with van der Waals surface area (Å²) < 4.78 is 58.9. The minimum Gasteiger partial charge on any atom is -0.507 e. The van der Waals surface area contributed by atoms with Gasteiger partial charge in [0.25, 0.3) is 11.5 Å². The molecule has 0 spiro atoms. The number of ketones is 1. The molecule has 49 heavy (non-hydrogen) atoms. The van der Waals surface area contributed by atoms with Gasteiger partial charge in [-0.25, -0.2) is 27.2 Å². The van der Waals surface area contributed by atoms with Gasteiger partial charge in [0.15, 0.2) is 11.6 Å². The highest BCUT2D eigenvalue weighted by Gasteiger charge is 2.26. The summed E-state index contributed by atoms with van der Waals surface area (Å²) in [6.45, 7) is 1.11. The molecule has 0 unspecified atom stereocenters. The second-order valence-electron chi connectivity index (χ2n) is 11.4. The highest BCUT2D eigenvalue weighted by Crippen LogP contribution is 2.21. The largest absolute Gasteiger partial charge is 0.507 e. The summed E-state index contributed by atoms with van der Waals surface area (Å²) in [5, 5.41) is 15.0. The van der Waals surface area contributed by atoms with Crippen molar-refractivity contribution in [1.82, 2.24) is 24.2 Å². The lowest BCUT2D eigenvalue weighted by molar-refractivity contribution is -0.142. The van der Waals surface area contributed by atoms with E-state index in [1.165, 1.54) is 35.6 Å². The number of halogens is 4. The Labute approximate surface area is 276 Å². The van der Waals surface area contributed by atoms with Gasteiger partial charge in [0, 0.05) is 56.6 Å². The number of benzene rings is 3. The van der Waals surface area contributed by atoms with E-state index < -0.39 is 58.3 Å². The zero-order valence-corrected chi connectivity index (χ0v) is 25.8. The van der Waals surface area contributed by atoms with E-state index >= 15 is 0 Å². The van der Waals surface area contributed by atoms with Crippen LogP contribution in [0.15, 0.2) is 96.5 Å². The maximum Gasteiger partial charge on any atom is 0.294 e. The molecule has 0 atom stereocenters. The number of rotatable bonds is 9. The minimum absolute atomic E-state index is 0.138. The van der Waals surface area contributed by atoms with Crippen molar-refractivity contribution in [1.29, 1.82) is 0 Å². The van der Waals surface area contributed by atoms with Crippen LogP contribution in [0.2, 0.25) is 0 Å². The summed E-state index contributed by atoms with van der Waals surface area (Å²) in [7, 11) is 0. The standard InChI is InChI=1S/C35H28F4N6O4/c36-25-3-1-2-22(13-25)18-44-19-23(12-24-15-26(37)16-30(38)33(24)39)14-29(34(44)48)31(46)17-32(47)35(49)43-10-8-42(9-11-43)27-4-6-28(7-5-27)45-21-40-20-41-45/h1-7,13-17,19-21,46H,8-12,18H2. The van der Waals surface area contributed by atoms with E-state index in [2.05, 4.69) is 10.1 Å². The van der Waals surface area contributed by atoms with E-state index in [0.717, 1.165) is 28.1 Å². The zero-order chi connectivity index (χ0) is 34.7. The molecule has 0 bridgehead atoms. The van der Waals surface area contributed by atoms with Crippen molar-refractivity contribution in [2.24, 2.45) is 0 Å². The SMILES string of the molecule is O=C(C=C(O)c1cc(Cc2cc(F)cc(F)c2F)cn(Cc2cccc(F)c2)c1=O)C(=O)N1CCN(c2ccc(-n3cncn3)cc2)CC1. The average Bonchev–Trinajstić information content (AvgIpc) is 3.63. The molecule has 2 aromatic heterocycles. The molecule has 14 heteroatoms. The van der Waals surface area contributed by atoms with E-state index in [-0.39, 0.29) is 30.8 Å². The molecule has 1 N–H and O–H groups in total. The Hall–Kier alpha value is -6.05. The van der Waals surface area contributed by atoms with Crippen molar-refractivity contribution in [3.63, 3.8) is 0 Å². The molecule has 1 fully saturated rings. The van der Waals surface area contributed by atoms with Crippen LogP contribution >= 0.6 is 0 Å². The predicted molar refractivity (Wildman–Crippen MR) is 171 cm³/mol. The smallest absolute Gasteiger partial charge is 0.294 e. The number of nitrogens with zero attached hydrogens (tertiary/aromatic N) is 6. The van der Waals surface area contributed by atoms with Gasteiger partial charge >= 0.3 is 0 Å². The van der Waals surface area contributed by atoms with Crippen molar-refractivity contribution in [3.8, 4) is 5.69 Å². The first-order chi connectivity index (χ1) is 23.5. The van der Waals surface area contributed by atoms with Crippen LogP contribution < -0.4 is 10.5 Å². The molecule has 250 valence electrons. The number of carbonyl (C=O) groups excluding carboxylic acids is 2. The number of pyridine rings is 1. The Morgan fingerprint density at radius 1 is 0.857 bits per heavy atom. The van der Waals surface area contributed by atoms with Gasteiger partial charge < -0.3 is 19.5 Å². The number of hydrogen-bond donors (Lipinski definition) is 1. The maximum absolute atomic E-state index is 14.5. The Balaban J connectivity index is 1.20. The van der Waals surface area contributed by atoms with Gasteiger partial charge in [-0.1, -0.05) is 12.1 Å². The normalized spacial score (nSPS) is 13.5. The summed E-state index contributed by atoms with van der Waals surface area (Å²) >= 11 is 0. The molecule has 5 aromatic rings. The lowest BCUT2D eigenvalue weighted by atomic mass is 10.0. The van der Waals surface area contributed by atoms with Crippen LogP contribution in [-0.2, 0) is 22.6 Å². The third-order valence-electron chi connectivity index (χ3n) is 8.07. The predicted octanol–water partition coefficient (Wildman–Crippen LogP) is 4.44. The van der Waals surface area contributed by atoms with Crippen molar-refractivity contribution in [2.45, 2.75) is 13.0 Å². The van der Waals surface area contributed by atoms with Gasteiger partial charge in [-0.3, -0.25) is 14.4 Å². The second kappa shape index (κ2) is 14.0. The zero-order valence-electron chi connectivity index (χ0n) is 25.8. The van der Waals surface area contributed by atoms with E-state index in [4.69, 9.17) is 0 Å². The third-order valence-corrected chi connectivity index (χ3v) is 8.07. The molecule has 0 saturated carbocycles. The molecule has 1 amide bonds. The number of aliphatic hydroxyl groups excluding tert-OH is 1. The van der Waals surface area contributed by atoms with E-state index in [9.17, 15) is 37.1 Å². The summed E-state index contributed by atoms with van der Waals surface area (Å²) in [5.74, 6) is -7.09. The first kappa shape index (κ1) is 32.9. The first-order valence-electron chi connectivity index (χ1n) is 15.1. The maximum atomic E-state index is 14.5. The molecule has 1 aliphatic rings. The molecule has 3 heterocycles. The van der Waals surface area contributed by atoms with Gasteiger partial charge in [-0.15, -0.1) is 0 Å². The van der Waals surface area contributed by atoms with Crippen molar-refractivity contribution < 1.29 is 32.3 Å². The number of aromatic nitrogens is 4. The quantitative estimate of drug-likeness (QED) is 0.0810. The van der Waals surface area contributed by atoms with Crippen LogP contribution in [0.3, 0.4) is 0 Å². The molecule has 3 aromatic carbocycles. The van der Waals surface area contributed by atoms with Crippen LogP contribution in [0, 0.1) is 23.3 Å². The Kier molecular flexibility index (Phi) is 9.38. The Bertz CT molecular complexity index is 2110. The average molecular weight is 673 g/mol. The summed E-state index contributed by atoms with van der Waals surface area (Å²) in [4.78, 5) is 46.8. The number of aliphatic hydroxyl groups is 1. The van der Waals surface area contributed by atoms with Crippen LogP contribution in [0.5, 0.6) is 0 Å². The lowest BCUT2D eigenvalue weighted by Crippen LogP contribution is -2.50. The first-order valence-corrected chi connectivity index (χ1v) is 15.1. The summed E-state index contributed by atoms with van der Waals surface area (Å²) in [6.07, 6.45) is 4.53. The number of anilines is 1. The van der Waals surface area contributed by atoms with Gasteiger partial charge in [-0.05, 0) is 65.2 Å². The molecule has 1 saturated heterocycles. The number of carbonyl (C=O) groups is 2. The van der Waals surface area contributed by atoms with E-state index in [1.54, 1.807) is 17.1 Å². The van der Waals surface area contributed by atoms with Crippen LogP contribution in [0.1, 0.15) is 22.3 Å². The fourth-order valence-corrected chi connectivity index (χ4v) is 5.63. The number of hydrogen-bond acceptors (Lipinski definition) is 7. The van der Waals surface area contributed by atoms with Gasteiger partial charge in [-0.2, -0.15) is 5.10 Å². The van der Waals surface area contributed by atoms with Gasteiger partial charge in [0.2, 0.25) is 5.78 Å². The topological polar surface area (TPSA) is 114 Å². The second-order valence-corrected chi connectivity index (χ2v) is 11.4. The number of piperazine rings is 1. The highest BCUT2D eigenvalue weighted by atomic mass is 19.2. The highest BCUT2D eigenvalue weighted by molar-refractivity contribution is 6.41. The summed E-state index contributed by atoms with van der Waals surface area (Å²) in [6, 6.07) is 15.3. The third kappa shape index (κ3) is 7.43. The van der Waals surface area contributed by atoms with Gasteiger partial charge in [0.05, 0.1) is 17.8 Å². The monoisotopic (exact) mass is 672 g/mol. The van der Waals surface area contributed by atoms with Crippen LogP contribution in [0.25, 0.3) is 11.4 Å². The molecule has 0 aliphatic carbocycles. The van der Waals surface area contributed by atoms with Crippen LogP contribution in [0.4, 0.5) is 23.2 Å². The molecule has 6 rings (SSSR count). The Morgan fingerprint density at radius 3 is 2.29 bits per heavy atom. The molecule has 10 nitrogen and oxygen atoms in total. The minimum atomic E-state index is -1.41. The number of amides is 1. The van der Waals surface area contributed by atoms with Crippen molar-refractivity contribution >= 4 is 23.1 Å². The Morgan fingerprint density at radius 2 is 1.59 bits per heavy atom. The fourth-order valence-electron chi connectivity index (χ4n) is 5.63. The van der Waals surface area contributed by atoms with Crippen LogP contribution in [-0.4, -0.2) is 67.2 Å². The van der Waals surface area contributed by atoms with Crippen molar-refractivity contribution in [3.05, 3.63) is 148 Å². The molecular weight excluding hydrogens is 644 g/mol. The van der Waals surface area contributed by atoms with E-state index in [0.29, 0.717) is 30.8 Å². The molecular formula is C35H28F4N6O4.